The van der Waals surface area contributed by atoms with Crippen molar-refractivity contribution in [3.05, 3.63) is 59.6 Å². The first kappa shape index (κ1) is 17.0. The van der Waals surface area contributed by atoms with E-state index in [4.69, 9.17) is 4.74 Å². The molecule has 1 heterocycles. The summed E-state index contributed by atoms with van der Waals surface area (Å²) in [5.41, 5.74) is 2.43. The minimum absolute atomic E-state index is 0.267. The summed E-state index contributed by atoms with van der Waals surface area (Å²) < 4.78 is 8.66. The molecule has 0 radical (unpaired) electrons. The molecule has 2 aliphatic carbocycles. The van der Waals surface area contributed by atoms with E-state index in [0.717, 1.165) is 37.7 Å². The third-order valence-electron chi connectivity index (χ3n) is 5.13. The van der Waals surface area contributed by atoms with Crippen LogP contribution in [0.1, 0.15) is 27.7 Å². The van der Waals surface area contributed by atoms with Crippen molar-refractivity contribution in [2.45, 2.75) is 33.7 Å². The van der Waals surface area contributed by atoms with E-state index in [-0.39, 0.29) is 5.92 Å². The Labute approximate surface area is 146 Å². The third kappa shape index (κ3) is 3.18. The SMILES string of the molecule is CCN(CC)C1C=CC2C=C3C=CC(=[N+](CC)CC)C=C3OC2=C1. The van der Waals surface area contributed by atoms with Gasteiger partial charge in [-0.05, 0) is 39.1 Å². The molecule has 24 heavy (non-hydrogen) atoms. The van der Waals surface area contributed by atoms with E-state index >= 15 is 0 Å². The van der Waals surface area contributed by atoms with Crippen LogP contribution in [0.4, 0.5) is 0 Å². The molecule has 2 unspecified atom stereocenters. The second kappa shape index (κ2) is 7.35. The molecule has 3 heteroatoms. The van der Waals surface area contributed by atoms with Gasteiger partial charge in [0.25, 0.3) is 0 Å². The van der Waals surface area contributed by atoms with Crippen LogP contribution in [0.15, 0.2) is 59.6 Å². The van der Waals surface area contributed by atoms with E-state index in [0.29, 0.717) is 6.04 Å². The maximum atomic E-state index is 6.31. The molecule has 0 N–H and O–H groups in total. The van der Waals surface area contributed by atoms with Gasteiger partial charge in [-0.2, -0.15) is 0 Å². The summed E-state index contributed by atoms with van der Waals surface area (Å²) in [6.45, 7) is 12.9. The van der Waals surface area contributed by atoms with Crippen LogP contribution < -0.4 is 0 Å². The van der Waals surface area contributed by atoms with Gasteiger partial charge in [0, 0.05) is 17.7 Å². The number of allylic oxidation sites excluding steroid dienone is 4. The topological polar surface area (TPSA) is 15.5 Å². The summed E-state index contributed by atoms with van der Waals surface area (Å²) in [5, 5.41) is 0. The molecule has 0 aromatic rings. The normalized spacial score (nSPS) is 24.7. The summed E-state index contributed by atoms with van der Waals surface area (Å²) in [7, 11) is 0. The Kier molecular flexibility index (Phi) is 5.20. The van der Waals surface area contributed by atoms with Crippen molar-refractivity contribution in [2.75, 3.05) is 26.2 Å². The first-order valence-electron chi connectivity index (χ1n) is 9.25. The monoisotopic (exact) mass is 325 g/mol. The van der Waals surface area contributed by atoms with E-state index in [9.17, 15) is 0 Å². The Morgan fingerprint density at radius 3 is 2.42 bits per heavy atom. The average molecular weight is 325 g/mol. The Hall–Kier alpha value is -1.87. The highest BCUT2D eigenvalue weighted by Gasteiger charge is 2.28. The van der Waals surface area contributed by atoms with Crippen molar-refractivity contribution in [3.8, 4) is 0 Å². The first-order valence-corrected chi connectivity index (χ1v) is 9.25. The highest BCUT2D eigenvalue weighted by molar-refractivity contribution is 6.03. The van der Waals surface area contributed by atoms with Gasteiger partial charge in [-0.15, -0.1) is 0 Å². The highest BCUT2D eigenvalue weighted by Crippen LogP contribution is 2.35. The zero-order chi connectivity index (χ0) is 17.1. The lowest BCUT2D eigenvalue weighted by molar-refractivity contribution is -0.519. The van der Waals surface area contributed by atoms with Crippen molar-refractivity contribution in [1.29, 1.82) is 0 Å². The molecule has 3 nitrogen and oxygen atoms in total. The Balaban J connectivity index is 1.90. The molecule has 0 fully saturated rings. The van der Waals surface area contributed by atoms with Crippen LogP contribution in [-0.4, -0.2) is 47.4 Å². The van der Waals surface area contributed by atoms with E-state index in [1.807, 2.05) is 0 Å². The van der Waals surface area contributed by atoms with Gasteiger partial charge < -0.3 is 4.74 Å². The van der Waals surface area contributed by atoms with Crippen molar-refractivity contribution >= 4 is 5.71 Å². The largest absolute Gasteiger partial charge is 0.460 e. The van der Waals surface area contributed by atoms with Crippen LogP contribution in [0.25, 0.3) is 0 Å². The molecule has 0 saturated carbocycles. The molecule has 2 atom stereocenters. The van der Waals surface area contributed by atoms with E-state index in [2.05, 4.69) is 79.7 Å². The Morgan fingerprint density at radius 1 is 1.00 bits per heavy atom. The molecule has 128 valence electrons. The van der Waals surface area contributed by atoms with Crippen molar-refractivity contribution in [3.63, 3.8) is 0 Å². The van der Waals surface area contributed by atoms with E-state index < -0.39 is 0 Å². The number of fused-ring (bicyclic) bond motifs is 2. The lowest BCUT2D eigenvalue weighted by Crippen LogP contribution is -2.34. The molecule has 0 amide bonds. The van der Waals surface area contributed by atoms with Crippen LogP contribution in [0, 0.1) is 5.92 Å². The molecular weight excluding hydrogens is 296 g/mol. The highest BCUT2D eigenvalue weighted by atomic mass is 16.5. The Bertz CT molecular complexity index is 666. The van der Waals surface area contributed by atoms with Gasteiger partial charge in [-0.1, -0.05) is 32.1 Å². The number of nitrogens with zero attached hydrogens (tertiary/aromatic N) is 2. The van der Waals surface area contributed by atoms with Crippen molar-refractivity contribution in [2.24, 2.45) is 5.92 Å². The third-order valence-corrected chi connectivity index (χ3v) is 5.13. The summed E-state index contributed by atoms with van der Waals surface area (Å²) in [6.07, 6.45) is 15.7. The zero-order valence-corrected chi connectivity index (χ0v) is 15.3. The van der Waals surface area contributed by atoms with E-state index in [1.165, 1.54) is 11.3 Å². The summed E-state index contributed by atoms with van der Waals surface area (Å²) >= 11 is 0. The number of hydrogen-bond acceptors (Lipinski definition) is 2. The molecule has 3 rings (SSSR count). The molecule has 0 bridgehead atoms. The fraction of sp³-hybridized carbons (Fsp3) is 0.476. The molecule has 3 aliphatic rings. The van der Waals surface area contributed by atoms with Gasteiger partial charge in [0.2, 0.25) is 5.71 Å². The van der Waals surface area contributed by atoms with Gasteiger partial charge in [0.15, 0.2) is 0 Å². The summed E-state index contributed by atoms with van der Waals surface area (Å²) in [6, 6.07) is 0.340. The fourth-order valence-electron chi connectivity index (χ4n) is 3.63. The van der Waals surface area contributed by atoms with Gasteiger partial charge in [0.05, 0.1) is 12.0 Å². The number of likely N-dealkylation sites (N-methyl/N-ethyl adjacent to an activating group) is 1. The molecule has 1 aliphatic heterocycles. The van der Waals surface area contributed by atoms with Gasteiger partial charge in [-0.3, -0.25) is 4.90 Å². The molecule has 0 saturated heterocycles. The second-order valence-corrected chi connectivity index (χ2v) is 6.35. The maximum Gasteiger partial charge on any atom is 0.203 e. The number of rotatable bonds is 5. The summed E-state index contributed by atoms with van der Waals surface area (Å²) in [4.78, 5) is 2.44. The molecule has 0 spiro atoms. The van der Waals surface area contributed by atoms with Crippen molar-refractivity contribution < 1.29 is 9.31 Å². The average Bonchev–Trinajstić information content (AvgIpc) is 2.62. The van der Waals surface area contributed by atoms with E-state index in [1.54, 1.807) is 0 Å². The number of hydrogen-bond donors (Lipinski definition) is 0. The quantitative estimate of drug-likeness (QED) is 0.566. The van der Waals surface area contributed by atoms with Crippen LogP contribution in [0.2, 0.25) is 0 Å². The first-order chi connectivity index (χ1) is 11.7. The van der Waals surface area contributed by atoms with Crippen LogP contribution in [0.3, 0.4) is 0 Å². The minimum Gasteiger partial charge on any atom is -0.460 e. The van der Waals surface area contributed by atoms with Crippen molar-refractivity contribution in [1.82, 2.24) is 4.90 Å². The molecule has 0 aromatic carbocycles. The van der Waals surface area contributed by atoms with Gasteiger partial charge in [0.1, 0.15) is 24.6 Å². The van der Waals surface area contributed by atoms with Gasteiger partial charge >= 0.3 is 0 Å². The lowest BCUT2D eigenvalue weighted by atomic mass is 9.91. The predicted octanol–water partition coefficient (Wildman–Crippen LogP) is 3.67. The van der Waals surface area contributed by atoms with Crippen LogP contribution >= 0.6 is 0 Å². The summed E-state index contributed by atoms with van der Waals surface area (Å²) in [5.74, 6) is 2.32. The lowest BCUT2D eigenvalue weighted by Gasteiger charge is -2.32. The predicted molar refractivity (Wildman–Crippen MR) is 100 cm³/mol. The zero-order valence-electron chi connectivity index (χ0n) is 15.3. The number of ether oxygens (including phenoxy) is 1. The minimum atomic E-state index is 0.267. The van der Waals surface area contributed by atoms with Gasteiger partial charge in [-0.25, -0.2) is 4.58 Å². The smallest absolute Gasteiger partial charge is 0.203 e. The van der Waals surface area contributed by atoms with Crippen LogP contribution in [-0.2, 0) is 4.74 Å². The molecule has 0 aromatic heterocycles. The fourth-order valence-corrected chi connectivity index (χ4v) is 3.63. The Morgan fingerprint density at radius 2 is 1.75 bits per heavy atom. The second-order valence-electron chi connectivity index (χ2n) is 6.35. The standard InChI is InChI=1S/C21H29N2O/c1-5-22(6-2)18-11-9-16-13-17-10-12-19(23(7-3)8-4)15-21(17)24-20(16)14-18/h9-16,18H,5-8H2,1-4H3/q+1. The molecular formula is C21H29N2O+. The maximum absolute atomic E-state index is 6.31. The van der Waals surface area contributed by atoms with Crippen LogP contribution in [0.5, 0.6) is 0 Å².